The Morgan fingerprint density at radius 2 is 1.86 bits per heavy atom. The first-order chi connectivity index (χ1) is 9.58. The Morgan fingerprint density at radius 3 is 2.33 bits per heavy atom. The van der Waals surface area contributed by atoms with Gasteiger partial charge in [0.25, 0.3) is 0 Å². The Bertz CT molecular complexity index is 627. The molecule has 2 aromatic rings. The minimum absolute atomic E-state index is 0.00256. The monoisotopic (exact) mass is 290 g/mol. The molecule has 2 aromatic heterocycles. The highest BCUT2D eigenvalue weighted by molar-refractivity contribution is 5.77. The van der Waals surface area contributed by atoms with Gasteiger partial charge >= 0.3 is 6.03 Å². The van der Waals surface area contributed by atoms with E-state index in [0.717, 1.165) is 4.68 Å². The predicted molar refractivity (Wildman–Crippen MR) is 78.1 cm³/mol. The Kier molecular flexibility index (Phi) is 3.69. The van der Waals surface area contributed by atoms with Crippen LogP contribution in [0, 0.1) is 5.41 Å². The molecule has 0 aliphatic rings. The molecule has 0 fully saturated rings. The summed E-state index contributed by atoms with van der Waals surface area (Å²) in [6.07, 6.45) is 3.33. The van der Waals surface area contributed by atoms with Crippen molar-refractivity contribution in [2.24, 2.45) is 5.41 Å². The normalized spacial score (nSPS) is 12.7. The van der Waals surface area contributed by atoms with Crippen LogP contribution in [0.25, 0.3) is 0 Å². The van der Waals surface area contributed by atoms with Crippen LogP contribution < -0.4 is 0 Å². The molecule has 0 aromatic carbocycles. The topological polar surface area (TPSA) is 78.5 Å². The highest BCUT2D eigenvalue weighted by Crippen LogP contribution is 2.23. The molecule has 7 heteroatoms. The predicted octanol–water partition coefficient (Wildman–Crippen LogP) is 2.27. The summed E-state index contributed by atoms with van der Waals surface area (Å²) in [4.78, 5) is 20.8. The van der Waals surface area contributed by atoms with Gasteiger partial charge in [0, 0.05) is 11.8 Å². The molecule has 0 saturated carbocycles. The summed E-state index contributed by atoms with van der Waals surface area (Å²) in [6, 6.07) is -0.366. The smallest absolute Gasteiger partial charge is 0.243 e. The number of hydrogen-bond donors (Lipinski definition) is 0. The fourth-order valence-electron chi connectivity index (χ4n) is 1.81. The third kappa shape index (κ3) is 3.53. The summed E-state index contributed by atoms with van der Waals surface area (Å²) in [5.41, 5.74) is -0.219. The lowest BCUT2D eigenvalue weighted by Gasteiger charge is -2.17. The fraction of sp³-hybridized carbons (Fsp3) is 0.643. The third-order valence-corrected chi connectivity index (χ3v) is 2.83. The van der Waals surface area contributed by atoms with Crippen LogP contribution in [0.3, 0.4) is 0 Å². The van der Waals surface area contributed by atoms with Crippen molar-refractivity contribution >= 4 is 6.03 Å². The zero-order chi connectivity index (χ0) is 15.8. The molecule has 0 spiro atoms. The van der Waals surface area contributed by atoms with Gasteiger partial charge in [-0.3, -0.25) is 0 Å². The fourth-order valence-corrected chi connectivity index (χ4v) is 1.81. The molecule has 0 N–H and O–H groups in total. The zero-order valence-electron chi connectivity index (χ0n) is 13.5. The largest absolute Gasteiger partial charge is 0.372 e. The van der Waals surface area contributed by atoms with E-state index in [1.54, 1.807) is 0 Å². The standard InChI is InChI=1S/C14H22N6O/c1-13(2,3)7-10-17-11(14(4,5)6)18-20(10)12(21)19-9-15-8-16-19/h8-9H,7H2,1-6H3. The van der Waals surface area contributed by atoms with Crippen LogP contribution >= 0.6 is 0 Å². The maximum absolute atomic E-state index is 12.5. The number of carbonyl (C=O) groups excluding carboxylic acids is 1. The van der Waals surface area contributed by atoms with Gasteiger partial charge in [0.05, 0.1) is 0 Å². The molecule has 0 radical (unpaired) electrons. The van der Waals surface area contributed by atoms with Crippen LogP contribution in [0.2, 0.25) is 0 Å². The van der Waals surface area contributed by atoms with Gasteiger partial charge in [-0.05, 0) is 5.41 Å². The summed E-state index contributed by atoms with van der Waals surface area (Å²) in [6.45, 7) is 12.4. The van der Waals surface area contributed by atoms with E-state index in [2.05, 4.69) is 40.9 Å². The molecule has 0 saturated heterocycles. The quantitative estimate of drug-likeness (QED) is 0.805. The molecular formula is C14H22N6O. The lowest BCUT2D eigenvalue weighted by molar-refractivity contribution is 0.236. The molecule has 0 atom stereocenters. The molecule has 2 heterocycles. The molecule has 7 nitrogen and oxygen atoms in total. The van der Waals surface area contributed by atoms with Gasteiger partial charge in [-0.15, -0.1) is 5.10 Å². The molecule has 0 aliphatic heterocycles. The van der Waals surface area contributed by atoms with Gasteiger partial charge in [0.15, 0.2) is 5.82 Å². The van der Waals surface area contributed by atoms with E-state index in [4.69, 9.17) is 0 Å². The van der Waals surface area contributed by atoms with Crippen molar-refractivity contribution in [2.45, 2.75) is 53.4 Å². The Labute approximate surface area is 124 Å². The molecule has 0 unspecified atom stereocenters. The summed E-state index contributed by atoms with van der Waals surface area (Å²) < 4.78 is 2.49. The highest BCUT2D eigenvalue weighted by atomic mass is 16.2. The summed E-state index contributed by atoms with van der Waals surface area (Å²) in [5.74, 6) is 1.29. The minimum Gasteiger partial charge on any atom is -0.243 e. The first-order valence-corrected chi connectivity index (χ1v) is 6.94. The number of hydrogen-bond acceptors (Lipinski definition) is 5. The van der Waals surface area contributed by atoms with Gasteiger partial charge in [0.2, 0.25) is 0 Å². The number of carbonyl (C=O) groups is 1. The van der Waals surface area contributed by atoms with Crippen LogP contribution in [0.15, 0.2) is 12.7 Å². The molecule has 0 aliphatic carbocycles. The van der Waals surface area contributed by atoms with E-state index in [-0.39, 0.29) is 16.9 Å². The van der Waals surface area contributed by atoms with Crippen LogP contribution in [0.1, 0.15) is 53.2 Å². The number of aromatic nitrogens is 6. The van der Waals surface area contributed by atoms with Crippen molar-refractivity contribution in [3.05, 3.63) is 24.3 Å². The second kappa shape index (κ2) is 5.05. The van der Waals surface area contributed by atoms with Gasteiger partial charge in [-0.1, -0.05) is 41.5 Å². The average molecular weight is 290 g/mol. The van der Waals surface area contributed by atoms with Crippen LogP contribution in [-0.2, 0) is 11.8 Å². The minimum atomic E-state index is -0.366. The van der Waals surface area contributed by atoms with Crippen molar-refractivity contribution in [2.75, 3.05) is 0 Å². The second-order valence-corrected chi connectivity index (χ2v) is 7.37. The van der Waals surface area contributed by atoms with E-state index in [0.29, 0.717) is 18.1 Å². The van der Waals surface area contributed by atoms with Crippen LogP contribution in [0.5, 0.6) is 0 Å². The van der Waals surface area contributed by atoms with Crippen LogP contribution in [-0.4, -0.2) is 35.6 Å². The lowest BCUT2D eigenvalue weighted by atomic mass is 9.92. The average Bonchev–Trinajstić information content (AvgIpc) is 2.92. The van der Waals surface area contributed by atoms with Gasteiger partial charge in [-0.2, -0.15) is 14.5 Å². The Balaban J connectivity index is 2.47. The Hall–Kier alpha value is -2.05. The van der Waals surface area contributed by atoms with Crippen molar-refractivity contribution in [3.63, 3.8) is 0 Å². The van der Waals surface area contributed by atoms with Crippen LogP contribution in [0.4, 0.5) is 4.79 Å². The first kappa shape index (κ1) is 15.3. The molecule has 114 valence electrons. The molecular weight excluding hydrogens is 268 g/mol. The summed E-state index contributed by atoms with van der Waals surface area (Å²) in [5, 5.41) is 8.26. The molecule has 21 heavy (non-hydrogen) atoms. The van der Waals surface area contributed by atoms with E-state index >= 15 is 0 Å². The third-order valence-electron chi connectivity index (χ3n) is 2.83. The number of nitrogens with zero attached hydrogens (tertiary/aromatic N) is 6. The van der Waals surface area contributed by atoms with Gasteiger partial charge in [0.1, 0.15) is 18.5 Å². The van der Waals surface area contributed by atoms with Gasteiger partial charge < -0.3 is 0 Å². The second-order valence-electron chi connectivity index (χ2n) is 7.37. The van der Waals surface area contributed by atoms with Gasteiger partial charge in [-0.25, -0.2) is 14.8 Å². The lowest BCUT2D eigenvalue weighted by Crippen LogP contribution is -2.25. The maximum Gasteiger partial charge on any atom is 0.372 e. The van der Waals surface area contributed by atoms with Crippen molar-refractivity contribution < 1.29 is 4.79 Å². The Morgan fingerprint density at radius 1 is 1.19 bits per heavy atom. The zero-order valence-corrected chi connectivity index (χ0v) is 13.5. The first-order valence-electron chi connectivity index (χ1n) is 6.94. The van der Waals surface area contributed by atoms with E-state index in [1.165, 1.54) is 17.3 Å². The van der Waals surface area contributed by atoms with Crippen molar-refractivity contribution in [1.29, 1.82) is 0 Å². The maximum atomic E-state index is 12.5. The van der Waals surface area contributed by atoms with E-state index in [9.17, 15) is 4.79 Å². The SMILES string of the molecule is CC(C)(C)Cc1nc(C(C)(C)C)nn1C(=O)n1cncn1. The number of rotatable bonds is 1. The summed E-state index contributed by atoms with van der Waals surface area (Å²) >= 11 is 0. The highest BCUT2D eigenvalue weighted by Gasteiger charge is 2.27. The molecule has 0 bridgehead atoms. The molecule has 0 amide bonds. The molecule has 2 rings (SSSR count). The van der Waals surface area contributed by atoms with E-state index < -0.39 is 0 Å². The summed E-state index contributed by atoms with van der Waals surface area (Å²) in [7, 11) is 0. The van der Waals surface area contributed by atoms with Crippen molar-refractivity contribution in [1.82, 2.24) is 29.5 Å². The van der Waals surface area contributed by atoms with Crippen molar-refractivity contribution in [3.8, 4) is 0 Å². The van der Waals surface area contributed by atoms with E-state index in [1.807, 2.05) is 20.8 Å².